The highest BCUT2D eigenvalue weighted by atomic mass is 32.1. The number of hydrogen-bond acceptors (Lipinski definition) is 23. The normalized spacial score (nSPS) is 20.2. The molecule has 8 heterocycles. The van der Waals surface area contributed by atoms with Crippen LogP contribution >= 0.6 is 11.3 Å². The molecule has 4 aromatic heterocycles. The number of rotatable bonds is 31. The van der Waals surface area contributed by atoms with Crippen LogP contribution in [0.15, 0.2) is 113 Å². The number of aromatic hydroxyl groups is 1. The average Bonchev–Trinajstić information content (AvgIpc) is 1.44. The first-order valence-corrected chi connectivity index (χ1v) is 37.6. The van der Waals surface area contributed by atoms with E-state index in [1.54, 1.807) is 72.1 Å². The molecule has 7 N–H and O–H groups in total. The number of phenolic OH excluding ortho intramolecular Hbond substituents is 1. The van der Waals surface area contributed by atoms with Crippen LogP contribution in [0.5, 0.6) is 17.5 Å². The van der Waals surface area contributed by atoms with Gasteiger partial charge < -0.3 is 69.6 Å². The Labute approximate surface area is 621 Å². The highest BCUT2D eigenvalue weighted by Crippen LogP contribution is 2.43. The molecule has 4 saturated heterocycles. The first kappa shape index (κ1) is 75.9. The van der Waals surface area contributed by atoms with Crippen molar-refractivity contribution < 1.29 is 62.8 Å². The number of para-hydroxylation sites is 1. The number of thiazole rings is 1. The molecule has 1 saturated carbocycles. The summed E-state index contributed by atoms with van der Waals surface area (Å²) in [6, 6.07) is 27.4. The van der Waals surface area contributed by atoms with Crippen LogP contribution in [0.3, 0.4) is 0 Å². The fourth-order valence-electron chi connectivity index (χ4n) is 15.1. The number of aliphatic carboxylic acids is 1. The van der Waals surface area contributed by atoms with Crippen molar-refractivity contribution in [2.24, 2.45) is 11.3 Å². The van der Waals surface area contributed by atoms with Crippen molar-refractivity contribution in [1.29, 1.82) is 0 Å². The number of likely N-dealkylation sites (tertiary alicyclic amines) is 1. The molecule has 1 aliphatic carbocycles. The maximum Gasteiger partial charge on any atom is 0.413 e. The molecule has 12 rings (SSSR count). The number of carbonyl (C=O) groups is 6. The number of nitrogens with one attached hydrogen (secondary N) is 4. The smallest absolute Gasteiger partial charge is 0.413 e. The summed E-state index contributed by atoms with van der Waals surface area (Å²) < 4.78 is 24.0. The number of pyridine rings is 1. The van der Waals surface area contributed by atoms with Gasteiger partial charge in [-0.3, -0.25) is 39.1 Å². The van der Waals surface area contributed by atoms with Crippen LogP contribution in [-0.4, -0.2) is 218 Å². The topological polar surface area (TPSA) is 336 Å². The number of benzene rings is 3. The highest BCUT2D eigenvalue weighted by molar-refractivity contribution is 7.13. The Kier molecular flexibility index (Phi) is 24.5. The van der Waals surface area contributed by atoms with E-state index in [-0.39, 0.29) is 91.8 Å². The van der Waals surface area contributed by atoms with E-state index in [1.165, 1.54) is 4.90 Å². The second kappa shape index (κ2) is 34.2. The van der Waals surface area contributed by atoms with E-state index in [0.717, 1.165) is 72.8 Å². The second-order valence-corrected chi connectivity index (χ2v) is 30.0. The standard InChI is InChI=1S/C77H97N15O13S/c1-47(2)68(73(97)91-44-58(93)38-63(91)72(96)80-49(4)52-18-20-53(21-19-52)69-50(5)79-46-106-69)65-40-67(86-105-65)103-35-33-88-31-32-89(48(3)41-88)34-36-102-66-37-55(26-29-78-66)92-56-24-25-57(92)43-90(42-56)62-39-61(59-13-8-9-15-64(59)94)84-85-70(62)83-76(101)104-45-51-16-22-54(23-17-51)81-71(95)60(14-10-11-30-87(6)7)82-74(98)77(75(99)100)27-12-28-77/h8-9,13,15-23,26,29,37,39-40,46-49,56-58,60,63,68,93-94H,10-12,14,24-25,27-28,30-36,38,41-45H2,1-7H3,(H,80,96)(H,81,95)(H,82,98)(H,99,100)(H,83,85,101)/t48-,49+,56?,57?,58-,60+,63+,68-/m1/s1. The molecule has 106 heavy (non-hydrogen) atoms. The molecule has 7 aromatic rings. The number of carboxylic acids is 1. The van der Waals surface area contributed by atoms with E-state index in [4.69, 9.17) is 18.7 Å². The lowest BCUT2D eigenvalue weighted by molar-refractivity contribution is -0.162. The summed E-state index contributed by atoms with van der Waals surface area (Å²) in [5.41, 5.74) is 6.82. The fraction of sp³-hybridized carbons (Fsp3) is 0.494. The third-order valence-corrected chi connectivity index (χ3v) is 22.1. The predicted octanol–water partition coefficient (Wildman–Crippen LogP) is 8.72. The molecule has 5 aliphatic rings. The van der Waals surface area contributed by atoms with Gasteiger partial charge in [-0.25, -0.2) is 14.8 Å². The van der Waals surface area contributed by atoms with Crippen molar-refractivity contribution in [2.75, 3.05) is 107 Å². The zero-order valence-electron chi connectivity index (χ0n) is 61.2. The van der Waals surface area contributed by atoms with E-state index >= 15 is 0 Å². The summed E-state index contributed by atoms with van der Waals surface area (Å²) in [5.74, 6) is -2.57. The third kappa shape index (κ3) is 18.0. The minimum atomic E-state index is -1.52. The van der Waals surface area contributed by atoms with Crippen molar-refractivity contribution >= 4 is 69.9 Å². The molecule has 8 atom stereocenters. The highest BCUT2D eigenvalue weighted by Gasteiger charge is 2.52. The molecule has 0 spiro atoms. The number of aliphatic hydroxyl groups excluding tert-OH is 1. The molecule has 0 radical (unpaired) electrons. The Morgan fingerprint density at radius 1 is 0.821 bits per heavy atom. The number of aliphatic hydroxyl groups is 1. The average molecular weight is 1470 g/mol. The molecule has 3 aromatic carbocycles. The Morgan fingerprint density at radius 3 is 2.25 bits per heavy atom. The number of amides is 5. The first-order chi connectivity index (χ1) is 51.1. The minimum absolute atomic E-state index is 0.0255. The van der Waals surface area contributed by atoms with E-state index in [0.29, 0.717) is 98.5 Å². The van der Waals surface area contributed by atoms with Gasteiger partial charge in [-0.1, -0.05) is 68.8 Å². The van der Waals surface area contributed by atoms with Gasteiger partial charge >= 0.3 is 12.1 Å². The number of ether oxygens (including phenoxy) is 3. The molecule has 4 aliphatic heterocycles. The van der Waals surface area contributed by atoms with Crippen molar-refractivity contribution in [2.45, 2.75) is 147 Å². The van der Waals surface area contributed by atoms with Crippen molar-refractivity contribution in [3.63, 3.8) is 0 Å². The number of carboxylic acid groups (broad SMARTS) is 1. The third-order valence-electron chi connectivity index (χ3n) is 21.1. The van der Waals surface area contributed by atoms with Gasteiger partial charge in [0.05, 0.1) is 39.6 Å². The largest absolute Gasteiger partial charge is 0.507 e. The van der Waals surface area contributed by atoms with Gasteiger partial charge in [0.2, 0.25) is 29.5 Å². The maximum atomic E-state index is 14.4. The van der Waals surface area contributed by atoms with E-state index < -0.39 is 53.4 Å². The van der Waals surface area contributed by atoms with Gasteiger partial charge in [0.1, 0.15) is 49.0 Å². The zero-order valence-corrected chi connectivity index (χ0v) is 62.0. The van der Waals surface area contributed by atoms with Gasteiger partial charge in [0.25, 0.3) is 5.88 Å². The van der Waals surface area contributed by atoms with Crippen LogP contribution in [0.25, 0.3) is 21.7 Å². The monoisotopic (exact) mass is 1470 g/mol. The minimum Gasteiger partial charge on any atom is -0.507 e. The number of nitrogens with zero attached hydrogens (tertiary/aromatic N) is 11. The van der Waals surface area contributed by atoms with Gasteiger partial charge in [0, 0.05) is 112 Å². The number of unbranched alkanes of at least 4 members (excludes halogenated alkanes) is 1. The summed E-state index contributed by atoms with van der Waals surface area (Å²) in [6.45, 7) is 16.4. The van der Waals surface area contributed by atoms with Crippen LogP contribution in [0, 0.1) is 18.3 Å². The number of fused-ring (bicyclic) bond motifs is 2. The number of piperazine rings is 2. The van der Waals surface area contributed by atoms with Crippen LogP contribution < -0.4 is 40.5 Å². The Hall–Kier alpha value is -9.81. The number of hydrogen-bond donors (Lipinski definition) is 7. The number of carbonyl (C=O) groups excluding carboxylic acids is 5. The Bertz CT molecular complexity index is 4200. The van der Waals surface area contributed by atoms with Gasteiger partial charge in [-0.05, 0) is 151 Å². The first-order valence-electron chi connectivity index (χ1n) is 36.7. The van der Waals surface area contributed by atoms with Gasteiger partial charge in [-0.15, -0.1) is 21.5 Å². The van der Waals surface area contributed by atoms with Crippen LogP contribution in [-0.2, 0) is 35.3 Å². The number of aryl methyl sites for hydroxylation is 1. The number of anilines is 4. The second-order valence-electron chi connectivity index (χ2n) is 29.2. The molecule has 28 nitrogen and oxygen atoms in total. The lowest BCUT2D eigenvalue weighted by Crippen LogP contribution is -2.55. The van der Waals surface area contributed by atoms with Gasteiger partial charge in [0.15, 0.2) is 11.6 Å². The van der Waals surface area contributed by atoms with E-state index in [1.807, 2.05) is 94.7 Å². The lowest BCUT2D eigenvalue weighted by atomic mass is 9.68. The number of β-amino-alcohol motifs (C(OH)–C–C–N with tert-alkyl or cyclic N) is 1. The van der Waals surface area contributed by atoms with Crippen LogP contribution in [0.1, 0.15) is 120 Å². The molecular formula is C77H97N15O13S. The summed E-state index contributed by atoms with van der Waals surface area (Å²) >= 11 is 1.58. The quantitative estimate of drug-likeness (QED) is 0.0158. The molecule has 2 bridgehead atoms. The Morgan fingerprint density at radius 2 is 1.57 bits per heavy atom. The predicted molar refractivity (Wildman–Crippen MR) is 400 cm³/mol. The van der Waals surface area contributed by atoms with E-state index in [2.05, 4.69) is 73.1 Å². The molecule has 564 valence electrons. The Balaban J connectivity index is 0.597. The molecule has 29 heteroatoms. The molecular weight excluding hydrogens is 1380 g/mol. The maximum absolute atomic E-state index is 14.4. The SMILES string of the molecule is Cc1ncsc1-c1ccc([C@H](C)NC(=O)[C@@H]2C[C@@H](O)CN2C(=O)[C@@H](c2cc(OCCN3CCN(CCOc4cc(N5C6CCC5CN(c5cc(-c7ccccc7O)nnc5NC(=O)OCc5ccc(NC(=O)[C@H](CCCCN(C)C)NC(=O)C7(C(=O)O)CCC7)cc5)C6)ccn4)[C@H](C)C3)no2)C(C)C)cc1. The summed E-state index contributed by atoms with van der Waals surface area (Å²) in [7, 11) is 3.91. The lowest BCUT2D eigenvalue weighted by Gasteiger charge is -2.43. The summed E-state index contributed by atoms with van der Waals surface area (Å²) in [4.78, 5) is 104. The van der Waals surface area contributed by atoms with E-state index in [9.17, 15) is 44.1 Å². The summed E-state index contributed by atoms with van der Waals surface area (Å²) in [6.07, 6.45) is 4.94. The molecule has 5 fully saturated rings. The van der Waals surface area contributed by atoms with Crippen molar-refractivity contribution in [3.05, 3.63) is 131 Å². The fourth-order valence-corrected chi connectivity index (χ4v) is 15.9. The van der Waals surface area contributed by atoms with Gasteiger partial charge in [-0.2, -0.15) is 0 Å². The molecule has 5 amide bonds. The zero-order chi connectivity index (χ0) is 74.8. The van der Waals surface area contributed by atoms with Crippen LogP contribution in [0.2, 0.25) is 0 Å². The number of phenols is 1. The van der Waals surface area contributed by atoms with Crippen LogP contribution in [0.4, 0.5) is 27.7 Å². The van der Waals surface area contributed by atoms with Crippen molar-refractivity contribution in [1.82, 2.24) is 55.6 Å². The van der Waals surface area contributed by atoms with Crippen molar-refractivity contribution in [3.8, 4) is 39.2 Å². The number of aromatic nitrogens is 5. The molecule has 2 unspecified atom stereocenters. The summed E-state index contributed by atoms with van der Waals surface area (Å²) in [5, 5.41) is 56.3.